The standard InChI is InChI=1S/C13H17N3O8/c1-23-8(18)3-2-6-4-16(13(21)14-11(6)15-22)12-10(20)9(19)7(5-17)24-12/h2-4,7,9-10,12,17,19-20,22H,5H2,1H3,(H,14,15,21)/t7-,9-,10-,12-/m1/s1. The number of hydrogen-bond acceptors (Lipinski definition) is 10. The van der Waals surface area contributed by atoms with Gasteiger partial charge in [0.1, 0.15) is 18.3 Å². The summed E-state index contributed by atoms with van der Waals surface area (Å²) < 4.78 is 10.6. The second-order valence-corrected chi connectivity index (χ2v) is 4.93. The van der Waals surface area contributed by atoms with Crippen molar-refractivity contribution in [1.29, 1.82) is 0 Å². The summed E-state index contributed by atoms with van der Waals surface area (Å²) >= 11 is 0. The SMILES string of the molecule is COC(=O)C=Cc1cn([C@@H]2O[C@H](CO)[C@@H](O)[C@H]2O)c(=O)nc1NO. The highest BCUT2D eigenvalue weighted by atomic mass is 16.6. The Hall–Kier alpha value is -2.31. The zero-order valence-corrected chi connectivity index (χ0v) is 12.6. The van der Waals surface area contributed by atoms with Gasteiger partial charge in [-0.05, 0) is 6.08 Å². The van der Waals surface area contributed by atoms with Gasteiger partial charge in [-0.1, -0.05) is 0 Å². The molecule has 0 spiro atoms. The number of rotatable bonds is 5. The molecule has 2 heterocycles. The second kappa shape index (κ2) is 7.51. The Morgan fingerprint density at radius 2 is 2.21 bits per heavy atom. The first-order valence-corrected chi connectivity index (χ1v) is 6.84. The lowest BCUT2D eigenvalue weighted by Crippen LogP contribution is -2.36. The molecule has 4 atom stereocenters. The van der Waals surface area contributed by atoms with Crippen LogP contribution in [0.25, 0.3) is 6.08 Å². The molecule has 1 fully saturated rings. The molecule has 1 aliphatic rings. The zero-order valence-electron chi connectivity index (χ0n) is 12.6. The molecule has 1 aromatic rings. The molecule has 5 N–H and O–H groups in total. The van der Waals surface area contributed by atoms with E-state index in [1.807, 2.05) is 0 Å². The van der Waals surface area contributed by atoms with Crippen molar-refractivity contribution in [3.05, 3.63) is 28.3 Å². The number of ether oxygens (including phenoxy) is 2. The first-order valence-electron chi connectivity index (χ1n) is 6.84. The number of aliphatic hydroxyl groups is 3. The molecule has 0 aromatic carbocycles. The number of aliphatic hydroxyl groups excluding tert-OH is 3. The lowest BCUT2D eigenvalue weighted by molar-refractivity contribution is -0.134. The molecule has 11 nitrogen and oxygen atoms in total. The molecule has 0 radical (unpaired) electrons. The van der Waals surface area contributed by atoms with E-state index in [1.54, 1.807) is 5.48 Å². The van der Waals surface area contributed by atoms with E-state index in [-0.39, 0.29) is 11.4 Å². The van der Waals surface area contributed by atoms with E-state index in [4.69, 9.17) is 15.1 Å². The Morgan fingerprint density at radius 1 is 1.50 bits per heavy atom. The van der Waals surface area contributed by atoms with E-state index in [9.17, 15) is 19.8 Å². The van der Waals surface area contributed by atoms with Crippen LogP contribution >= 0.6 is 0 Å². The van der Waals surface area contributed by atoms with Gasteiger partial charge >= 0.3 is 11.7 Å². The molecular weight excluding hydrogens is 326 g/mol. The Labute approximate surface area is 135 Å². The summed E-state index contributed by atoms with van der Waals surface area (Å²) in [5.41, 5.74) is 0.935. The Bertz CT molecular complexity index is 688. The quantitative estimate of drug-likeness (QED) is 0.226. The molecular formula is C13H17N3O8. The Kier molecular flexibility index (Phi) is 5.64. The van der Waals surface area contributed by atoms with Gasteiger partial charge in [0.05, 0.1) is 13.7 Å². The molecule has 0 bridgehead atoms. The van der Waals surface area contributed by atoms with Gasteiger partial charge in [0, 0.05) is 17.8 Å². The highest BCUT2D eigenvalue weighted by Crippen LogP contribution is 2.28. The highest BCUT2D eigenvalue weighted by molar-refractivity contribution is 5.87. The molecule has 132 valence electrons. The molecule has 0 amide bonds. The summed E-state index contributed by atoms with van der Waals surface area (Å²) in [6.45, 7) is -0.553. The largest absolute Gasteiger partial charge is 0.466 e. The van der Waals surface area contributed by atoms with Gasteiger partial charge in [-0.2, -0.15) is 4.98 Å². The van der Waals surface area contributed by atoms with Gasteiger partial charge in [-0.3, -0.25) is 15.3 Å². The third-order valence-electron chi connectivity index (χ3n) is 3.48. The predicted molar refractivity (Wildman–Crippen MR) is 78.0 cm³/mol. The van der Waals surface area contributed by atoms with E-state index in [2.05, 4.69) is 9.72 Å². The van der Waals surface area contributed by atoms with Crippen LogP contribution in [0.5, 0.6) is 0 Å². The van der Waals surface area contributed by atoms with Crippen LogP contribution in [0.2, 0.25) is 0 Å². The maximum atomic E-state index is 12.0. The molecule has 24 heavy (non-hydrogen) atoms. The molecule has 1 saturated heterocycles. The minimum absolute atomic E-state index is 0.111. The third-order valence-corrected chi connectivity index (χ3v) is 3.48. The smallest absolute Gasteiger partial charge is 0.351 e. The fourth-order valence-electron chi connectivity index (χ4n) is 2.21. The van der Waals surface area contributed by atoms with Crippen LogP contribution < -0.4 is 11.2 Å². The van der Waals surface area contributed by atoms with E-state index in [0.29, 0.717) is 0 Å². The summed E-state index contributed by atoms with van der Waals surface area (Å²) in [5.74, 6) is -0.910. The predicted octanol–water partition coefficient (Wildman–Crippen LogP) is -2.16. The summed E-state index contributed by atoms with van der Waals surface area (Å²) in [4.78, 5) is 26.8. The highest BCUT2D eigenvalue weighted by Gasteiger charge is 2.43. The molecule has 0 unspecified atom stereocenters. The van der Waals surface area contributed by atoms with Crippen molar-refractivity contribution in [2.24, 2.45) is 0 Å². The molecule has 1 aromatic heterocycles. The summed E-state index contributed by atoms with van der Waals surface area (Å²) in [6, 6.07) is 0. The zero-order chi connectivity index (χ0) is 17.9. The summed E-state index contributed by atoms with van der Waals surface area (Å²) in [6.07, 6.45) is -1.83. The van der Waals surface area contributed by atoms with Crippen LogP contribution in [-0.2, 0) is 14.3 Å². The van der Waals surface area contributed by atoms with Gasteiger partial charge in [-0.15, -0.1) is 0 Å². The van der Waals surface area contributed by atoms with Crippen LogP contribution in [-0.4, -0.2) is 68.1 Å². The maximum absolute atomic E-state index is 12.0. The fraction of sp³-hybridized carbons (Fsp3) is 0.462. The van der Waals surface area contributed by atoms with Crippen LogP contribution in [0.15, 0.2) is 17.1 Å². The summed E-state index contributed by atoms with van der Waals surface area (Å²) in [7, 11) is 1.18. The third kappa shape index (κ3) is 3.44. The number of carbonyl (C=O) groups excluding carboxylic acids is 1. The molecule has 2 rings (SSSR count). The van der Waals surface area contributed by atoms with Crippen LogP contribution in [0.1, 0.15) is 11.8 Å². The maximum Gasteiger partial charge on any atom is 0.351 e. The summed E-state index contributed by atoms with van der Waals surface area (Å²) in [5, 5.41) is 37.9. The first kappa shape index (κ1) is 18.0. The number of esters is 1. The molecule has 1 aliphatic heterocycles. The van der Waals surface area contributed by atoms with Gasteiger partial charge in [0.15, 0.2) is 12.0 Å². The minimum Gasteiger partial charge on any atom is -0.466 e. The van der Waals surface area contributed by atoms with E-state index in [0.717, 1.165) is 16.8 Å². The number of nitrogens with zero attached hydrogens (tertiary/aromatic N) is 2. The van der Waals surface area contributed by atoms with Gasteiger partial charge in [0.2, 0.25) is 0 Å². The lowest BCUT2D eigenvalue weighted by Gasteiger charge is -2.18. The number of methoxy groups -OCH3 is 1. The van der Waals surface area contributed by atoms with Gasteiger partial charge in [-0.25, -0.2) is 9.59 Å². The van der Waals surface area contributed by atoms with Gasteiger partial charge < -0.3 is 24.8 Å². The lowest BCUT2D eigenvalue weighted by atomic mass is 10.1. The molecule has 0 saturated carbocycles. The van der Waals surface area contributed by atoms with Crippen molar-refractivity contribution in [2.75, 3.05) is 19.2 Å². The van der Waals surface area contributed by atoms with Crippen molar-refractivity contribution in [3.8, 4) is 0 Å². The van der Waals surface area contributed by atoms with E-state index >= 15 is 0 Å². The van der Waals surface area contributed by atoms with Crippen molar-refractivity contribution in [3.63, 3.8) is 0 Å². The number of anilines is 1. The van der Waals surface area contributed by atoms with Crippen LogP contribution in [0.3, 0.4) is 0 Å². The van der Waals surface area contributed by atoms with Crippen LogP contribution in [0, 0.1) is 0 Å². The van der Waals surface area contributed by atoms with Crippen LogP contribution in [0.4, 0.5) is 5.82 Å². The molecule has 11 heteroatoms. The Balaban J connectivity index is 2.42. The number of nitrogens with one attached hydrogen (secondary N) is 1. The van der Waals surface area contributed by atoms with Gasteiger partial charge in [0.25, 0.3) is 0 Å². The van der Waals surface area contributed by atoms with E-state index in [1.165, 1.54) is 13.2 Å². The van der Waals surface area contributed by atoms with Crippen molar-refractivity contribution in [1.82, 2.24) is 9.55 Å². The first-order chi connectivity index (χ1) is 11.4. The van der Waals surface area contributed by atoms with E-state index < -0.39 is 42.8 Å². The van der Waals surface area contributed by atoms with Crippen molar-refractivity contribution >= 4 is 17.9 Å². The topological polar surface area (TPSA) is 163 Å². The monoisotopic (exact) mass is 343 g/mol. The average Bonchev–Trinajstić information content (AvgIpc) is 2.87. The fourth-order valence-corrected chi connectivity index (χ4v) is 2.21. The van der Waals surface area contributed by atoms with Crippen molar-refractivity contribution < 1.29 is 34.8 Å². The minimum atomic E-state index is -1.48. The van der Waals surface area contributed by atoms with Crippen molar-refractivity contribution in [2.45, 2.75) is 24.5 Å². The average molecular weight is 343 g/mol. The second-order valence-electron chi connectivity index (χ2n) is 4.93. The Morgan fingerprint density at radius 3 is 2.75 bits per heavy atom. The normalized spacial score (nSPS) is 26.7. The molecule has 0 aliphatic carbocycles. The number of carbonyl (C=O) groups is 1. The number of hydrogen-bond donors (Lipinski definition) is 5. The number of aromatic nitrogens is 2.